The maximum absolute atomic E-state index is 9.25. The molecule has 0 aromatic carbocycles. The third kappa shape index (κ3) is 25.4. The Labute approximate surface area is 104 Å². The average molecular weight is 246 g/mol. The highest BCUT2D eigenvalue weighted by atomic mass is 16.4. The highest BCUT2D eigenvalue weighted by Gasteiger charge is 1.90. The molecule has 0 aliphatic carbocycles. The number of hydrogen-bond acceptors (Lipinski definition) is 3. The SMILES string of the molecule is C=CC(=O)O.OCCCCCCCCCCO. The lowest BCUT2D eigenvalue weighted by molar-refractivity contribution is -0.131. The van der Waals surface area contributed by atoms with E-state index < -0.39 is 5.97 Å². The summed E-state index contributed by atoms with van der Waals surface area (Å²) in [5.41, 5.74) is 0. The lowest BCUT2D eigenvalue weighted by Crippen LogP contribution is -1.85. The van der Waals surface area contributed by atoms with Gasteiger partial charge in [-0.3, -0.25) is 0 Å². The monoisotopic (exact) mass is 246 g/mol. The molecule has 4 heteroatoms. The molecule has 0 rings (SSSR count). The molecule has 0 fully saturated rings. The fraction of sp³-hybridized carbons (Fsp3) is 0.769. The number of aliphatic hydroxyl groups is 2. The van der Waals surface area contributed by atoms with Crippen molar-refractivity contribution in [2.45, 2.75) is 51.4 Å². The Hall–Kier alpha value is -0.870. The van der Waals surface area contributed by atoms with E-state index in [1.165, 1.54) is 25.7 Å². The number of carboxylic acid groups (broad SMARTS) is 1. The quantitative estimate of drug-likeness (QED) is 0.408. The number of aliphatic carboxylic acids is 1. The second kappa shape index (κ2) is 17.5. The van der Waals surface area contributed by atoms with Gasteiger partial charge in [0.2, 0.25) is 0 Å². The minimum Gasteiger partial charge on any atom is -0.478 e. The molecule has 0 aromatic rings. The minimum atomic E-state index is -0.981. The predicted molar refractivity (Wildman–Crippen MR) is 68.9 cm³/mol. The molecular weight excluding hydrogens is 220 g/mol. The van der Waals surface area contributed by atoms with Crippen LogP contribution in [0.5, 0.6) is 0 Å². The summed E-state index contributed by atoms with van der Waals surface area (Å²) < 4.78 is 0. The van der Waals surface area contributed by atoms with E-state index in [0.717, 1.165) is 31.8 Å². The molecule has 0 unspecified atom stereocenters. The lowest BCUT2D eigenvalue weighted by Gasteiger charge is -1.99. The van der Waals surface area contributed by atoms with Crippen LogP contribution in [0.4, 0.5) is 0 Å². The first-order chi connectivity index (χ1) is 8.18. The highest BCUT2D eigenvalue weighted by Crippen LogP contribution is 2.07. The number of carbonyl (C=O) groups is 1. The number of carboxylic acids is 1. The number of aliphatic hydroxyl groups excluding tert-OH is 2. The van der Waals surface area contributed by atoms with Crippen molar-refractivity contribution in [3.8, 4) is 0 Å². The van der Waals surface area contributed by atoms with Gasteiger partial charge in [-0.25, -0.2) is 4.79 Å². The molecule has 17 heavy (non-hydrogen) atoms. The Morgan fingerprint density at radius 3 is 1.24 bits per heavy atom. The molecule has 0 aliphatic rings. The normalized spacial score (nSPS) is 9.29. The van der Waals surface area contributed by atoms with Crippen molar-refractivity contribution < 1.29 is 20.1 Å². The van der Waals surface area contributed by atoms with E-state index in [2.05, 4.69) is 6.58 Å². The predicted octanol–water partition coefficient (Wildman–Crippen LogP) is 2.35. The van der Waals surface area contributed by atoms with Crippen LogP contribution in [0.2, 0.25) is 0 Å². The summed E-state index contributed by atoms with van der Waals surface area (Å²) in [6.45, 7) is 3.64. The van der Waals surface area contributed by atoms with Gasteiger partial charge in [0, 0.05) is 19.3 Å². The Balaban J connectivity index is 0. The van der Waals surface area contributed by atoms with E-state index in [9.17, 15) is 4.79 Å². The molecule has 3 N–H and O–H groups in total. The van der Waals surface area contributed by atoms with Gasteiger partial charge in [0.25, 0.3) is 0 Å². The van der Waals surface area contributed by atoms with E-state index in [-0.39, 0.29) is 0 Å². The zero-order chi connectivity index (χ0) is 13.4. The summed E-state index contributed by atoms with van der Waals surface area (Å²) in [7, 11) is 0. The van der Waals surface area contributed by atoms with Crippen LogP contribution in [-0.4, -0.2) is 34.5 Å². The number of unbranched alkanes of at least 4 members (excludes halogenated alkanes) is 7. The van der Waals surface area contributed by atoms with E-state index in [1.54, 1.807) is 0 Å². The first kappa shape index (κ1) is 18.5. The van der Waals surface area contributed by atoms with Crippen LogP contribution in [0.25, 0.3) is 0 Å². The van der Waals surface area contributed by atoms with Gasteiger partial charge in [-0.2, -0.15) is 0 Å². The summed E-state index contributed by atoms with van der Waals surface area (Å²) in [4.78, 5) is 9.25. The summed E-state index contributed by atoms with van der Waals surface area (Å²) in [6.07, 6.45) is 10.1. The van der Waals surface area contributed by atoms with Crippen LogP contribution in [0.3, 0.4) is 0 Å². The molecule has 0 amide bonds. The molecule has 0 atom stereocenters. The molecule has 0 bridgehead atoms. The van der Waals surface area contributed by atoms with Crippen LogP contribution in [0, 0.1) is 0 Å². The third-order valence-electron chi connectivity index (χ3n) is 2.24. The van der Waals surface area contributed by atoms with Gasteiger partial charge < -0.3 is 15.3 Å². The second-order valence-electron chi connectivity index (χ2n) is 3.82. The zero-order valence-corrected chi connectivity index (χ0v) is 10.6. The van der Waals surface area contributed by atoms with Gasteiger partial charge in [0.05, 0.1) is 0 Å². The fourth-order valence-electron chi connectivity index (χ4n) is 1.28. The van der Waals surface area contributed by atoms with E-state index in [0.29, 0.717) is 13.2 Å². The Morgan fingerprint density at radius 1 is 0.824 bits per heavy atom. The van der Waals surface area contributed by atoms with Gasteiger partial charge in [-0.15, -0.1) is 0 Å². The smallest absolute Gasteiger partial charge is 0.327 e. The first-order valence-electron chi connectivity index (χ1n) is 6.26. The molecule has 0 heterocycles. The van der Waals surface area contributed by atoms with Crippen molar-refractivity contribution in [2.75, 3.05) is 13.2 Å². The van der Waals surface area contributed by atoms with Crippen LogP contribution < -0.4 is 0 Å². The number of hydrogen-bond donors (Lipinski definition) is 3. The molecule has 4 nitrogen and oxygen atoms in total. The number of rotatable bonds is 10. The fourth-order valence-corrected chi connectivity index (χ4v) is 1.28. The zero-order valence-electron chi connectivity index (χ0n) is 10.6. The van der Waals surface area contributed by atoms with Crippen molar-refractivity contribution >= 4 is 5.97 Å². The van der Waals surface area contributed by atoms with Crippen molar-refractivity contribution in [1.29, 1.82) is 0 Å². The molecule has 0 saturated heterocycles. The molecule has 0 aromatic heterocycles. The first-order valence-corrected chi connectivity index (χ1v) is 6.26. The Bertz CT molecular complexity index is 159. The summed E-state index contributed by atoms with van der Waals surface area (Å²) >= 11 is 0. The third-order valence-corrected chi connectivity index (χ3v) is 2.24. The van der Waals surface area contributed by atoms with Crippen molar-refractivity contribution in [3.63, 3.8) is 0 Å². The van der Waals surface area contributed by atoms with Gasteiger partial charge in [0.1, 0.15) is 0 Å². The van der Waals surface area contributed by atoms with Gasteiger partial charge in [-0.1, -0.05) is 45.1 Å². The van der Waals surface area contributed by atoms with Crippen LogP contribution >= 0.6 is 0 Å². The van der Waals surface area contributed by atoms with Gasteiger partial charge in [0.15, 0.2) is 0 Å². The maximum atomic E-state index is 9.25. The van der Waals surface area contributed by atoms with Crippen molar-refractivity contribution in [3.05, 3.63) is 12.7 Å². The maximum Gasteiger partial charge on any atom is 0.327 e. The van der Waals surface area contributed by atoms with Crippen LogP contribution in [0.15, 0.2) is 12.7 Å². The van der Waals surface area contributed by atoms with Crippen LogP contribution in [0.1, 0.15) is 51.4 Å². The highest BCUT2D eigenvalue weighted by molar-refractivity contribution is 5.78. The molecule has 0 radical (unpaired) electrons. The van der Waals surface area contributed by atoms with Gasteiger partial charge >= 0.3 is 5.97 Å². The molecule has 0 spiro atoms. The van der Waals surface area contributed by atoms with Crippen LogP contribution in [-0.2, 0) is 4.79 Å². The van der Waals surface area contributed by atoms with Gasteiger partial charge in [-0.05, 0) is 12.8 Å². The lowest BCUT2D eigenvalue weighted by atomic mass is 10.1. The molecule has 0 saturated carbocycles. The largest absolute Gasteiger partial charge is 0.478 e. The second-order valence-corrected chi connectivity index (χ2v) is 3.82. The Morgan fingerprint density at radius 2 is 1.06 bits per heavy atom. The standard InChI is InChI=1S/C10H22O2.C3H4O2/c11-9-7-5-3-1-2-4-6-8-10-12;1-2-3(4)5/h11-12H,1-10H2;2H,1H2,(H,4,5). The summed E-state index contributed by atoms with van der Waals surface area (Å²) in [5.74, 6) is -0.981. The van der Waals surface area contributed by atoms with E-state index >= 15 is 0 Å². The average Bonchev–Trinajstić information content (AvgIpc) is 2.33. The molecular formula is C13H26O4. The minimum absolute atomic E-state index is 0.338. The molecule has 0 aliphatic heterocycles. The van der Waals surface area contributed by atoms with E-state index in [4.69, 9.17) is 15.3 Å². The topological polar surface area (TPSA) is 77.8 Å². The molecule has 102 valence electrons. The summed E-state index contributed by atoms with van der Waals surface area (Å²) in [6, 6.07) is 0. The van der Waals surface area contributed by atoms with E-state index in [1.807, 2.05) is 0 Å². The van der Waals surface area contributed by atoms with Crippen molar-refractivity contribution in [1.82, 2.24) is 0 Å². The Kier molecular flexibility index (Phi) is 19.1. The summed E-state index contributed by atoms with van der Waals surface area (Å²) in [5, 5.41) is 24.6. The van der Waals surface area contributed by atoms with Crippen molar-refractivity contribution in [2.24, 2.45) is 0 Å².